The minimum absolute atomic E-state index is 0.104. The molecule has 2 aliphatic carbocycles. The summed E-state index contributed by atoms with van der Waals surface area (Å²) in [6.45, 7) is 2.63. The van der Waals surface area contributed by atoms with E-state index in [1.165, 1.54) is 5.57 Å². The molecule has 1 amide bonds. The summed E-state index contributed by atoms with van der Waals surface area (Å²) in [5.74, 6) is 0.975. The molecule has 3 nitrogen and oxygen atoms in total. The van der Waals surface area contributed by atoms with Crippen LogP contribution in [0.4, 0.5) is 0 Å². The number of carbonyl (C=O) groups is 1. The van der Waals surface area contributed by atoms with Crippen LogP contribution in [0.25, 0.3) is 0 Å². The third kappa shape index (κ3) is 2.84. The molecule has 2 aliphatic rings. The van der Waals surface area contributed by atoms with Crippen LogP contribution < -0.4 is 5.32 Å². The lowest BCUT2D eigenvalue weighted by Crippen LogP contribution is -2.32. The predicted molar refractivity (Wildman–Crippen MR) is 71.9 cm³/mol. The van der Waals surface area contributed by atoms with Crippen molar-refractivity contribution in [1.82, 2.24) is 5.32 Å². The van der Waals surface area contributed by atoms with Gasteiger partial charge in [0.15, 0.2) is 0 Å². The van der Waals surface area contributed by atoms with E-state index in [0.717, 1.165) is 31.4 Å². The number of allylic oxidation sites excluding steroid dienone is 5. The van der Waals surface area contributed by atoms with Gasteiger partial charge in [0.1, 0.15) is 12.4 Å². The normalized spacial score (nSPS) is 20.6. The Morgan fingerprint density at radius 2 is 2.28 bits per heavy atom. The molecule has 0 atom stereocenters. The highest BCUT2D eigenvalue weighted by atomic mass is 16.5. The van der Waals surface area contributed by atoms with Crippen LogP contribution in [0.2, 0.25) is 0 Å². The summed E-state index contributed by atoms with van der Waals surface area (Å²) in [5.41, 5.74) is 1.09. The number of hydrogen-bond donors (Lipinski definition) is 1. The molecule has 0 unspecified atom stereocenters. The van der Waals surface area contributed by atoms with E-state index in [-0.39, 0.29) is 11.3 Å². The Morgan fingerprint density at radius 3 is 2.89 bits per heavy atom. The van der Waals surface area contributed by atoms with Crippen molar-refractivity contribution in [2.45, 2.75) is 32.6 Å². The van der Waals surface area contributed by atoms with Crippen LogP contribution in [0.5, 0.6) is 0 Å². The molecule has 0 heterocycles. The Labute approximate surface area is 109 Å². The van der Waals surface area contributed by atoms with E-state index in [1.54, 1.807) is 7.05 Å². The third-order valence-corrected chi connectivity index (χ3v) is 3.65. The average molecular weight is 247 g/mol. The Kier molecular flexibility index (Phi) is 3.90. The molecule has 1 saturated carbocycles. The van der Waals surface area contributed by atoms with Gasteiger partial charge >= 0.3 is 0 Å². The highest BCUT2D eigenvalue weighted by molar-refractivity contribution is 5.85. The molecular weight excluding hydrogens is 226 g/mol. The van der Waals surface area contributed by atoms with Gasteiger partial charge in [0.05, 0.1) is 5.41 Å². The second-order valence-electron chi connectivity index (χ2n) is 5.01. The summed E-state index contributed by atoms with van der Waals surface area (Å²) >= 11 is 0. The largest absolute Gasteiger partial charge is 0.492 e. The summed E-state index contributed by atoms with van der Waals surface area (Å²) in [7, 11) is 1.69. The molecule has 98 valence electrons. The Bertz CT molecular complexity index is 414. The van der Waals surface area contributed by atoms with E-state index >= 15 is 0 Å². The van der Waals surface area contributed by atoms with E-state index in [0.29, 0.717) is 6.61 Å². The van der Waals surface area contributed by atoms with E-state index in [4.69, 9.17) is 4.74 Å². The zero-order valence-electron chi connectivity index (χ0n) is 11.2. The van der Waals surface area contributed by atoms with Crippen molar-refractivity contribution in [2.24, 2.45) is 5.41 Å². The van der Waals surface area contributed by atoms with Gasteiger partial charge in [-0.05, 0) is 37.8 Å². The van der Waals surface area contributed by atoms with Gasteiger partial charge < -0.3 is 10.1 Å². The van der Waals surface area contributed by atoms with Gasteiger partial charge in [-0.15, -0.1) is 0 Å². The summed E-state index contributed by atoms with van der Waals surface area (Å²) < 4.78 is 5.82. The summed E-state index contributed by atoms with van der Waals surface area (Å²) in [6.07, 6.45) is 12.1. The average Bonchev–Trinajstić information content (AvgIpc) is 3.20. The predicted octanol–water partition coefficient (Wildman–Crippen LogP) is 2.71. The van der Waals surface area contributed by atoms with Crippen LogP contribution in [0.3, 0.4) is 0 Å². The molecule has 2 rings (SSSR count). The first-order valence-electron chi connectivity index (χ1n) is 6.61. The van der Waals surface area contributed by atoms with E-state index in [9.17, 15) is 4.79 Å². The van der Waals surface area contributed by atoms with E-state index in [2.05, 4.69) is 24.4 Å². The molecule has 3 heteroatoms. The lowest BCUT2D eigenvalue weighted by atomic mass is 10.1. The van der Waals surface area contributed by atoms with Crippen LogP contribution in [-0.2, 0) is 9.53 Å². The maximum atomic E-state index is 11.7. The molecule has 0 aromatic carbocycles. The zero-order valence-corrected chi connectivity index (χ0v) is 11.2. The fourth-order valence-electron chi connectivity index (χ4n) is 2.10. The van der Waals surface area contributed by atoms with Crippen molar-refractivity contribution in [3.63, 3.8) is 0 Å². The van der Waals surface area contributed by atoms with Gasteiger partial charge in [-0.3, -0.25) is 4.79 Å². The maximum Gasteiger partial charge on any atom is 0.229 e. The maximum absolute atomic E-state index is 11.7. The molecule has 1 N–H and O–H groups in total. The second kappa shape index (κ2) is 5.42. The first-order valence-corrected chi connectivity index (χ1v) is 6.61. The fourth-order valence-corrected chi connectivity index (χ4v) is 2.10. The Balaban J connectivity index is 1.96. The minimum atomic E-state index is -0.272. The van der Waals surface area contributed by atoms with Gasteiger partial charge in [0, 0.05) is 7.05 Å². The van der Waals surface area contributed by atoms with Crippen molar-refractivity contribution in [1.29, 1.82) is 0 Å². The number of nitrogens with one attached hydrogen (secondary N) is 1. The van der Waals surface area contributed by atoms with Crippen molar-refractivity contribution in [2.75, 3.05) is 13.7 Å². The van der Waals surface area contributed by atoms with Crippen LogP contribution in [0.1, 0.15) is 32.6 Å². The highest BCUT2D eigenvalue weighted by Gasteiger charge is 2.50. The lowest BCUT2D eigenvalue weighted by molar-refractivity contribution is -0.127. The molecule has 0 aromatic rings. The van der Waals surface area contributed by atoms with E-state index in [1.807, 2.05) is 12.2 Å². The molecule has 0 saturated heterocycles. The highest BCUT2D eigenvalue weighted by Crippen LogP contribution is 2.46. The van der Waals surface area contributed by atoms with Gasteiger partial charge in [-0.2, -0.15) is 0 Å². The molecule has 18 heavy (non-hydrogen) atoms. The molecule has 0 aromatic heterocycles. The molecule has 0 spiro atoms. The number of carbonyl (C=O) groups excluding carboxylic acids is 1. The number of hydrogen-bond acceptors (Lipinski definition) is 2. The van der Waals surface area contributed by atoms with E-state index < -0.39 is 0 Å². The third-order valence-electron chi connectivity index (χ3n) is 3.65. The van der Waals surface area contributed by atoms with Crippen LogP contribution >= 0.6 is 0 Å². The Hall–Kier alpha value is -1.51. The summed E-state index contributed by atoms with van der Waals surface area (Å²) in [5, 5.41) is 2.72. The van der Waals surface area contributed by atoms with Crippen LogP contribution in [0, 0.1) is 5.41 Å². The quantitative estimate of drug-likeness (QED) is 0.811. The first-order chi connectivity index (χ1) is 8.70. The summed E-state index contributed by atoms with van der Waals surface area (Å²) in [6, 6.07) is 0. The second-order valence-corrected chi connectivity index (χ2v) is 5.01. The fraction of sp³-hybridized carbons (Fsp3) is 0.533. The minimum Gasteiger partial charge on any atom is -0.492 e. The lowest BCUT2D eigenvalue weighted by Gasteiger charge is -2.15. The number of ether oxygens (including phenoxy) is 1. The smallest absolute Gasteiger partial charge is 0.229 e. The Morgan fingerprint density at radius 1 is 1.50 bits per heavy atom. The van der Waals surface area contributed by atoms with Gasteiger partial charge in [0.2, 0.25) is 5.91 Å². The molecule has 0 radical (unpaired) electrons. The number of amides is 1. The standard InChI is InChI=1S/C15H21NO2/c1-3-12-6-4-5-7-13(10-12)18-11-15(8-9-15)14(17)16-2/h4-5,7,10H,3,6,8-9,11H2,1-2H3,(H,16,17). The zero-order chi connectivity index (χ0) is 13.0. The van der Waals surface area contributed by atoms with Crippen molar-refractivity contribution in [3.8, 4) is 0 Å². The van der Waals surface area contributed by atoms with Crippen LogP contribution in [0.15, 0.2) is 35.6 Å². The number of rotatable bonds is 5. The topological polar surface area (TPSA) is 38.3 Å². The van der Waals surface area contributed by atoms with Gasteiger partial charge in [0.25, 0.3) is 0 Å². The van der Waals surface area contributed by atoms with Gasteiger partial charge in [-0.25, -0.2) is 0 Å². The molecule has 0 aliphatic heterocycles. The summed E-state index contributed by atoms with van der Waals surface area (Å²) in [4.78, 5) is 11.7. The monoisotopic (exact) mass is 247 g/mol. The molecular formula is C15H21NO2. The van der Waals surface area contributed by atoms with Crippen LogP contribution in [-0.4, -0.2) is 19.6 Å². The first kappa shape index (κ1) is 12.9. The molecule has 0 bridgehead atoms. The SMILES string of the molecule is CCC1=CC(OCC2(C(=O)NC)CC2)=CC=CC1. The van der Waals surface area contributed by atoms with Gasteiger partial charge in [-0.1, -0.05) is 24.6 Å². The van der Waals surface area contributed by atoms with Crippen molar-refractivity contribution < 1.29 is 9.53 Å². The molecule has 1 fully saturated rings. The van der Waals surface area contributed by atoms with Crippen molar-refractivity contribution >= 4 is 5.91 Å². The van der Waals surface area contributed by atoms with Crippen molar-refractivity contribution in [3.05, 3.63) is 35.6 Å².